The van der Waals surface area contributed by atoms with Gasteiger partial charge in [-0.05, 0) is 18.6 Å². The summed E-state index contributed by atoms with van der Waals surface area (Å²) in [6.07, 6.45) is 1.12. The average Bonchev–Trinajstić information content (AvgIpc) is 2.36. The molecular formula is C13H18N2O3. The number of hydrogen-bond acceptors (Lipinski definition) is 3. The third kappa shape index (κ3) is 4.45. The van der Waals surface area contributed by atoms with Crippen LogP contribution in [0.15, 0.2) is 24.3 Å². The van der Waals surface area contributed by atoms with E-state index in [1.165, 1.54) is 12.1 Å². The molecular weight excluding hydrogens is 232 g/mol. The van der Waals surface area contributed by atoms with Gasteiger partial charge in [-0.2, -0.15) is 0 Å². The summed E-state index contributed by atoms with van der Waals surface area (Å²) in [5, 5.41) is 14.8. The van der Waals surface area contributed by atoms with Gasteiger partial charge < -0.3 is 15.7 Å². The number of amides is 2. The number of nitrogens with one attached hydrogen (secondary N) is 2. The fraction of sp³-hybridized carbons (Fsp3) is 0.385. The first-order valence-electron chi connectivity index (χ1n) is 5.98. The summed E-state index contributed by atoms with van der Waals surface area (Å²) in [6, 6.07) is 6.29. The molecule has 0 aliphatic carbocycles. The van der Waals surface area contributed by atoms with E-state index in [1.807, 2.05) is 6.92 Å². The van der Waals surface area contributed by atoms with Crippen molar-refractivity contribution in [1.82, 2.24) is 10.6 Å². The molecule has 0 aliphatic rings. The molecule has 0 saturated heterocycles. The van der Waals surface area contributed by atoms with Crippen LogP contribution in [-0.2, 0) is 4.79 Å². The highest BCUT2D eigenvalue weighted by Gasteiger charge is 2.09. The van der Waals surface area contributed by atoms with Gasteiger partial charge in [-0.1, -0.05) is 19.1 Å². The van der Waals surface area contributed by atoms with Crippen molar-refractivity contribution in [3.63, 3.8) is 0 Å². The van der Waals surface area contributed by atoms with Gasteiger partial charge in [0, 0.05) is 19.5 Å². The van der Waals surface area contributed by atoms with E-state index in [0.29, 0.717) is 6.54 Å². The van der Waals surface area contributed by atoms with E-state index in [2.05, 4.69) is 10.6 Å². The minimum Gasteiger partial charge on any atom is -0.507 e. The Labute approximate surface area is 106 Å². The summed E-state index contributed by atoms with van der Waals surface area (Å²) < 4.78 is 0. The molecule has 0 fully saturated rings. The van der Waals surface area contributed by atoms with Crippen LogP contribution in [0.2, 0.25) is 0 Å². The molecule has 0 atom stereocenters. The Morgan fingerprint density at radius 1 is 1.17 bits per heavy atom. The first kappa shape index (κ1) is 14.0. The van der Waals surface area contributed by atoms with Gasteiger partial charge in [-0.25, -0.2) is 0 Å². The van der Waals surface area contributed by atoms with E-state index in [9.17, 15) is 14.7 Å². The summed E-state index contributed by atoms with van der Waals surface area (Å²) in [4.78, 5) is 22.9. The molecule has 98 valence electrons. The highest BCUT2D eigenvalue weighted by atomic mass is 16.3. The van der Waals surface area contributed by atoms with Gasteiger partial charge in [-0.3, -0.25) is 9.59 Å². The van der Waals surface area contributed by atoms with E-state index >= 15 is 0 Å². The van der Waals surface area contributed by atoms with Crippen LogP contribution in [0.25, 0.3) is 0 Å². The van der Waals surface area contributed by atoms with E-state index in [0.717, 1.165) is 6.42 Å². The zero-order valence-electron chi connectivity index (χ0n) is 10.4. The highest BCUT2D eigenvalue weighted by molar-refractivity contribution is 5.96. The lowest BCUT2D eigenvalue weighted by Gasteiger charge is -2.07. The zero-order valence-corrected chi connectivity index (χ0v) is 10.4. The van der Waals surface area contributed by atoms with Gasteiger partial charge in [0.05, 0.1) is 5.56 Å². The summed E-state index contributed by atoms with van der Waals surface area (Å²) in [7, 11) is 0. The Balaban J connectivity index is 2.34. The van der Waals surface area contributed by atoms with Crippen LogP contribution in [0.3, 0.4) is 0 Å². The van der Waals surface area contributed by atoms with E-state index in [4.69, 9.17) is 0 Å². The zero-order chi connectivity index (χ0) is 13.4. The molecule has 0 aromatic heterocycles. The lowest BCUT2D eigenvalue weighted by atomic mass is 10.2. The van der Waals surface area contributed by atoms with Gasteiger partial charge >= 0.3 is 0 Å². The Kier molecular flexibility index (Phi) is 5.70. The van der Waals surface area contributed by atoms with Crippen molar-refractivity contribution in [2.45, 2.75) is 19.8 Å². The lowest BCUT2D eigenvalue weighted by Crippen LogP contribution is -2.31. The molecule has 0 heterocycles. The molecule has 18 heavy (non-hydrogen) atoms. The maximum absolute atomic E-state index is 11.7. The molecule has 5 heteroatoms. The van der Waals surface area contributed by atoms with E-state index in [-0.39, 0.29) is 36.1 Å². The molecule has 5 nitrogen and oxygen atoms in total. The standard InChI is InChI=1S/C13H18N2O3/c1-2-8-14-12(17)7-9-15-13(18)10-5-3-4-6-11(10)16/h3-6,16H,2,7-9H2,1H3,(H,14,17)(H,15,18). The Hall–Kier alpha value is -2.04. The predicted octanol–water partition coefficient (Wildman–Crippen LogP) is 1.04. The molecule has 0 aliphatic heterocycles. The van der Waals surface area contributed by atoms with Crippen molar-refractivity contribution < 1.29 is 14.7 Å². The van der Waals surface area contributed by atoms with Crippen molar-refractivity contribution >= 4 is 11.8 Å². The quantitative estimate of drug-likeness (QED) is 0.705. The third-order valence-electron chi connectivity index (χ3n) is 2.36. The van der Waals surface area contributed by atoms with Crippen LogP contribution in [0.1, 0.15) is 30.1 Å². The Morgan fingerprint density at radius 2 is 1.89 bits per heavy atom. The number of phenolic OH excluding ortho intramolecular Hbond substituents is 1. The fourth-order valence-electron chi connectivity index (χ4n) is 1.40. The SMILES string of the molecule is CCCNC(=O)CCNC(=O)c1ccccc1O. The van der Waals surface area contributed by atoms with Crippen molar-refractivity contribution in [2.24, 2.45) is 0 Å². The second-order valence-electron chi connectivity index (χ2n) is 3.87. The first-order chi connectivity index (χ1) is 8.65. The first-order valence-corrected chi connectivity index (χ1v) is 5.98. The van der Waals surface area contributed by atoms with Gasteiger partial charge in [0.1, 0.15) is 5.75 Å². The minimum absolute atomic E-state index is 0.0644. The molecule has 0 saturated carbocycles. The average molecular weight is 250 g/mol. The fourth-order valence-corrected chi connectivity index (χ4v) is 1.40. The molecule has 0 bridgehead atoms. The predicted molar refractivity (Wildman–Crippen MR) is 68.4 cm³/mol. The molecule has 3 N–H and O–H groups in total. The maximum atomic E-state index is 11.7. The Morgan fingerprint density at radius 3 is 2.56 bits per heavy atom. The third-order valence-corrected chi connectivity index (χ3v) is 2.36. The molecule has 0 spiro atoms. The topological polar surface area (TPSA) is 78.4 Å². The highest BCUT2D eigenvalue weighted by Crippen LogP contribution is 2.14. The van der Waals surface area contributed by atoms with Crippen LogP contribution in [-0.4, -0.2) is 30.0 Å². The van der Waals surface area contributed by atoms with Crippen LogP contribution in [0, 0.1) is 0 Å². The van der Waals surface area contributed by atoms with Gasteiger partial charge in [-0.15, -0.1) is 0 Å². The van der Waals surface area contributed by atoms with E-state index in [1.54, 1.807) is 12.1 Å². The molecule has 1 aromatic carbocycles. The number of para-hydroxylation sites is 1. The number of aromatic hydroxyl groups is 1. The summed E-state index contributed by atoms with van der Waals surface area (Å²) in [5.74, 6) is -0.531. The van der Waals surface area contributed by atoms with Crippen LogP contribution >= 0.6 is 0 Å². The number of rotatable bonds is 6. The number of phenols is 1. The number of hydrogen-bond donors (Lipinski definition) is 3. The van der Waals surface area contributed by atoms with Gasteiger partial charge in [0.25, 0.3) is 5.91 Å². The molecule has 2 amide bonds. The number of benzene rings is 1. The van der Waals surface area contributed by atoms with Crippen molar-refractivity contribution in [2.75, 3.05) is 13.1 Å². The van der Waals surface area contributed by atoms with E-state index < -0.39 is 0 Å². The second kappa shape index (κ2) is 7.32. The van der Waals surface area contributed by atoms with Crippen molar-refractivity contribution in [3.8, 4) is 5.75 Å². The minimum atomic E-state index is -0.378. The summed E-state index contributed by atoms with van der Waals surface area (Å²) >= 11 is 0. The summed E-state index contributed by atoms with van der Waals surface area (Å²) in [6.45, 7) is 2.87. The molecule has 1 aromatic rings. The van der Waals surface area contributed by atoms with Crippen molar-refractivity contribution in [1.29, 1.82) is 0 Å². The molecule has 1 rings (SSSR count). The summed E-state index contributed by atoms with van der Waals surface area (Å²) in [5.41, 5.74) is 0.214. The largest absolute Gasteiger partial charge is 0.507 e. The molecule has 0 radical (unpaired) electrons. The maximum Gasteiger partial charge on any atom is 0.255 e. The number of carbonyl (C=O) groups excluding carboxylic acids is 2. The van der Waals surface area contributed by atoms with Gasteiger partial charge in [0.15, 0.2) is 0 Å². The lowest BCUT2D eigenvalue weighted by molar-refractivity contribution is -0.120. The normalized spacial score (nSPS) is 9.83. The Bertz CT molecular complexity index is 418. The number of carbonyl (C=O) groups is 2. The van der Waals surface area contributed by atoms with Crippen LogP contribution in [0.4, 0.5) is 0 Å². The molecule has 0 unspecified atom stereocenters. The van der Waals surface area contributed by atoms with Crippen LogP contribution < -0.4 is 10.6 Å². The van der Waals surface area contributed by atoms with Gasteiger partial charge in [0.2, 0.25) is 5.91 Å². The monoisotopic (exact) mass is 250 g/mol. The smallest absolute Gasteiger partial charge is 0.255 e. The van der Waals surface area contributed by atoms with Crippen molar-refractivity contribution in [3.05, 3.63) is 29.8 Å². The van der Waals surface area contributed by atoms with Crippen LogP contribution in [0.5, 0.6) is 5.75 Å². The second-order valence-corrected chi connectivity index (χ2v) is 3.87.